The van der Waals surface area contributed by atoms with Crippen molar-refractivity contribution in [2.45, 2.75) is 25.9 Å². The van der Waals surface area contributed by atoms with Crippen LogP contribution in [0.2, 0.25) is 0 Å². The molecule has 104 valence electrons. The van der Waals surface area contributed by atoms with Crippen molar-refractivity contribution in [1.82, 2.24) is 0 Å². The van der Waals surface area contributed by atoms with E-state index in [4.69, 9.17) is 4.74 Å². The second kappa shape index (κ2) is 5.78. The van der Waals surface area contributed by atoms with Crippen molar-refractivity contribution in [1.29, 1.82) is 0 Å². The molecule has 0 aliphatic heterocycles. The van der Waals surface area contributed by atoms with Crippen molar-refractivity contribution < 1.29 is 14.6 Å². The van der Waals surface area contributed by atoms with E-state index in [0.717, 1.165) is 11.1 Å². The summed E-state index contributed by atoms with van der Waals surface area (Å²) in [4.78, 5) is 11.3. The van der Waals surface area contributed by atoms with E-state index in [1.807, 2.05) is 48.5 Å². The van der Waals surface area contributed by atoms with Gasteiger partial charge in [-0.3, -0.25) is 4.79 Å². The van der Waals surface area contributed by atoms with E-state index in [0.29, 0.717) is 12.4 Å². The van der Waals surface area contributed by atoms with Gasteiger partial charge in [0.2, 0.25) is 0 Å². The minimum absolute atomic E-state index is 0.470. The maximum atomic E-state index is 11.3. The summed E-state index contributed by atoms with van der Waals surface area (Å²) in [6.45, 7) is 3.84. The molecule has 20 heavy (non-hydrogen) atoms. The van der Waals surface area contributed by atoms with Gasteiger partial charge in [-0.05, 0) is 37.1 Å². The maximum Gasteiger partial charge on any atom is 0.313 e. The standard InChI is InChI=1S/C17H18O3/c1-17(2,16(18)19)14-9-6-10-15(11-14)20-12-13-7-4-3-5-8-13/h3-11H,12H2,1-2H3,(H,18,19). The molecule has 3 heteroatoms. The highest BCUT2D eigenvalue weighted by molar-refractivity contribution is 5.80. The highest BCUT2D eigenvalue weighted by Crippen LogP contribution is 2.27. The first-order valence-electron chi connectivity index (χ1n) is 6.51. The molecular formula is C17H18O3. The van der Waals surface area contributed by atoms with Crippen molar-refractivity contribution in [3.8, 4) is 5.75 Å². The lowest BCUT2D eigenvalue weighted by Crippen LogP contribution is -2.28. The Kier molecular flexibility index (Phi) is 4.08. The van der Waals surface area contributed by atoms with Crippen LogP contribution in [0.15, 0.2) is 54.6 Å². The van der Waals surface area contributed by atoms with Gasteiger partial charge in [-0.2, -0.15) is 0 Å². The van der Waals surface area contributed by atoms with Crippen molar-refractivity contribution in [3.63, 3.8) is 0 Å². The Balaban J connectivity index is 2.13. The topological polar surface area (TPSA) is 46.5 Å². The van der Waals surface area contributed by atoms with Crippen LogP contribution in [0.1, 0.15) is 25.0 Å². The fourth-order valence-electron chi connectivity index (χ4n) is 1.84. The fourth-order valence-corrected chi connectivity index (χ4v) is 1.84. The summed E-state index contributed by atoms with van der Waals surface area (Å²) in [7, 11) is 0. The lowest BCUT2D eigenvalue weighted by molar-refractivity contribution is -0.142. The second-order valence-electron chi connectivity index (χ2n) is 5.23. The molecule has 0 atom stereocenters. The Labute approximate surface area is 118 Å². The molecule has 0 saturated heterocycles. The quantitative estimate of drug-likeness (QED) is 0.902. The first-order chi connectivity index (χ1) is 9.50. The zero-order valence-electron chi connectivity index (χ0n) is 11.7. The Morgan fingerprint density at radius 2 is 1.80 bits per heavy atom. The summed E-state index contributed by atoms with van der Waals surface area (Å²) in [5.41, 5.74) is 0.887. The molecule has 0 aromatic heterocycles. The molecule has 0 fully saturated rings. The molecule has 0 unspecified atom stereocenters. The van der Waals surface area contributed by atoms with Crippen LogP contribution in [0.4, 0.5) is 0 Å². The van der Waals surface area contributed by atoms with E-state index >= 15 is 0 Å². The molecule has 3 nitrogen and oxygen atoms in total. The smallest absolute Gasteiger partial charge is 0.313 e. The maximum absolute atomic E-state index is 11.3. The second-order valence-corrected chi connectivity index (χ2v) is 5.23. The van der Waals surface area contributed by atoms with Gasteiger partial charge in [-0.15, -0.1) is 0 Å². The third-order valence-electron chi connectivity index (χ3n) is 3.34. The monoisotopic (exact) mass is 270 g/mol. The molecule has 0 bridgehead atoms. The number of benzene rings is 2. The molecule has 0 heterocycles. The van der Waals surface area contributed by atoms with Crippen LogP contribution in [0.3, 0.4) is 0 Å². The Hall–Kier alpha value is -2.29. The van der Waals surface area contributed by atoms with E-state index in [2.05, 4.69) is 0 Å². The number of carboxylic acids is 1. The minimum atomic E-state index is -0.924. The number of hydrogen-bond donors (Lipinski definition) is 1. The minimum Gasteiger partial charge on any atom is -0.489 e. The lowest BCUT2D eigenvalue weighted by Gasteiger charge is -2.20. The van der Waals surface area contributed by atoms with E-state index in [-0.39, 0.29) is 0 Å². The average Bonchev–Trinajstić information content (AvgIpc) is 2.46. The van der Waals surface area contributed by atoms with Crippen LogP contribution in [-0.2, 0) is 16.8 Å². The van der Waals surface area contributed by atoms with E-state index in [1.165, 1.54) is 0 Å². The van der Waals surface area contributed by atoms with Gasteiger partial charge in [0.05, 0.1) is 5.41 Å². The van der Waals surface area contributed by atoms with Crippen LogP contribution >= 0.6 is 0 Å². The molecule has 0 radical (unpaired) electrons. The Morgan fingerprint density at radius 3 is 2.45 bits per heavy atom. The largest absolute Gasteiger partial charge is 0.489 e. The zero-order valence-corrected chi connectivity index (χ0v) is 11.7. The van der Waals surface area contributed by atoms with Crippen LogP contribution in [0.25, 0.3) is 0 Å². The van der Waals surface area contributed by atoms with Gasteiger partial charge in [0, 0.05) is 0 Å². The Morgan fingerprint density at radius 1 is 1.10 bits per heavy atom. The Bertz CT molecular complexity index is 588. The van der Waals surface area contributed by atoms with Gasteiger partial charge >= 0.3 is 5.97 Å². The number of carbonyl (C=O) groups is 1. The van der Waals surface area contributed by atoms with Crippen LogP contribution in [0.5, 0.6) is 5.75 Å². The summed E-state index contributed by atoms with van der Waals surface area (Å²) in [5, 5.41) is 9.25. The molecule has 2 aromatic carbocycles. The third kappa shape index (κ3) is 3.18. The van der Waals surface area contributed by atoms with Gasteiger partial charge in [0.15, 0.2) is 0 Å². The summed E-state index contributed by atoms with van der Waals surface area (Å²) in [6.07, 6.45) is 0. The molecule has 0 saturated carbocycles. The molecule has 0 aliphatic carbocycles. The van der Waals surface area contributed by atoms with Crippen LogP contribution in [-0.4, -0.2) is 11.1 Å². The summed E-state index contributed by atoms with van der Waals surface area (Å²) in [6, 6.07) is 17.1. The lowest BCUT2D eigenvalue weighted by atomic mass is 9.85. The molecule has 2 aromatic rings. The first-order valence-corrected chi connectivity index (χ1v) is 6.51. The van der Waals surface area contributed by atoms with Crippen molar-refractivity contribution >= 4 is 5.97 Å². The highest BCUT2D eigenvalue weighted by Gasteiger charge is 2.29. The van der Waals surface area contributed by atoms with Gasteiger partial charge in [0.25, 0.3) is 0 Å². The number of rotatable bonds is 5. The van der Waals surface area contributed by atoms with Crippen molar-refractivity contribution in [3.05, 3.63) is 65.7 Å². The zero-order chi connectivity index (χ0) is 14.6. The molecular weight excluding hydrogens is 252 g/mol. The first kappa shape index (κ1) is 14.1. The molecule has 1 N–H and O–H groups in total. The third-order valence-corrected chi connectivity index (χ3v) is 3.34. The molecule has 0 aliphatic rings. The van der Waals surface area contributed by atoms with Crippen LogP contribution in [0, 0.1) is 0 Å². The summed E-state index contributed by atoms with van der Waals surface area (Å²) in [5.74, 6) is -0.168. The molecule has 2 rings (SSSR count). The number of ether oxygens (including phenoxy) is 1. The summed E-state index contributed by atoms with van der Waals surface area (Å²) < 4.78 is 5.71. The SMILES string of the molecule is CC(C)(C(=O)O)c1cccc(OCc2ccccc2)c1. The van der Waals surface area contributed by atoms with Gasteiger partial charge in [-0.25, -0.2) is 0 Å². The molecule has 0 amide bonds. The van der Waals surface area contributed by atoms with Crippen molar-refractivity contribution in [2.24, 2.45) is 0 Å². The van der Waals surface area contributed by atoms with Crippen LogP contribution < -0.4 is 4.74 Å². The van der Waals surface area contributed by atoms with Gasteiger partial charge < -0.3 is 9.84 Å². The van der Waals surface area contributed by atoms with E-state index in [9.17, 15) is 9.90 Å². The predicted molar refractivity (Wildman–Crippen MR) is 77.9 cm³/mol. The fraction of sp³-hybridized carbons (Fsp3) is 0.235. The number of hydrogen-bond acceptors (Lipinski definition) is 2. The van der Waals surface area contributed by atoms with E-state index in [1.54, 1.807) is 19.9 Å². The van der Waals surface area contributed by atoms with Crippen molar-refractivity contribution in [2.75, 3.05) is 0 Å². The van der Waals surface area contributed by atoms with E-state index < -0.39 is 11.4 Å². The normalized spacial score (nSPS) is 11.1. The van der Waals surface area contributed by atoms with Gasteiger partial charge in [-0.1, -0.05) is 42.5 Å². The highest BCUT2D eigenvalue weighted by atomic mass is 16.5. The number of aliphatic carboxylic acids is 1. The van der Waals surface area contributed by atoms with Gasteiger partial charge in [0.1, 0.15) is 12.4 Å². The predicted octanol–water partition coefficient (Wildman–Crippen LogP) is 3.63. The number of carboxylic acid groups (broad SMARTS) is 1. The summed E-state index contributed by atoms with van der Waals surface area (Å²) >= 11 is 0. The average molecular weight is 270 g/mol. The molecule has 0 spiro atoms.